The van der Waals surface area contributed by atoms with Crippen LogP contribution in [0.3, 0.4) is 0 Å². The quantitative estimate of drug-likeness (QED) is 0.301. The maximum Gasteiger partial charge on any atom is 1.00 e. The first-order chi connectivity index (χ1) is 4.31. The molecule has 2 N–H and O–H groups in total. The summed E-state index contributed by atoms with van der Waals surface area (Å²) in [6.07, 6.45) is 3.16. The summed E-state index contributed by atoms with van der Waals surface area (Å²) in [4.78, 5) is 0. The van der Waals surface area contributed by atoms with E-state index in [4.69, 9.17) is 10.5 Å². The molecule has 0 saturated heterocycles. The molecule has 2 nitrogen and oxygen atoms in total. The molecule has 0 aliphatic carbocycles. The smallest absolute Gasteiger partial charge is 1.00 e. The zero-order valence-corrected chi connectivity index (χ0v) is 9.39. The first kappa shape index (κ1) is 13.5. The monoisotopic (exact) mass is 155 g/mol. The summed E-state index contributed by atoms with van der Waals surface area (Å²) in [5.41, 5.74) is 5.49. The van der Waals surface area contributed by atoms with Crippen molar-refractivity contribution in [3.8, 4) is 0 Å². The molecule has 0 bridgehead atoms. The largest absolute Gasteiger partial charge is 1.00 e. The average molecular weight is 155 g/mol. The fourth-order valence-electron chi connectivity index (χ4n) is 0.497. The Morgan fingerprint density at radius 3 is 2.50 bits per heavy atom. The molecule has 0 aromatic carbocycles. The normalized spacial score (nSPS) is 12.3. The molecular weight excluding hydrogens is 137 g/mol. The van der Waals surface area contributed by atoms with Crippen LogP contribution in [0.1, 0.15) is 34.5 Å². The van der Waals surface area contributed by atoms with Crippen LogP contribution in [-0.2, 0) is 4.74 Å². The summed E-state index contributed by atoms with van der Waals surface area (Å²) in [5, 5.41) is 0. The van der Waals surface area contributed by atoms with Crippen LogP contribution in [0, 0.1) is 0 Å². The third-order valence-corrected chi connectivity index (χ3v) is 1.23. The van der Waals surface area contributed by atoms with Crippen molar-refractivity contribution in [1.29, 1.82) is 0 Å². The third kappa shape index (κ3) is 8.92. The van der Waals surface area contributed by atoms with Gasteiger partial charge in [-0.25, -0.2) is 0 Å². The minimum absolute atomic E-state index is 0. The van der Waals surface area contributed by atoms with Gasteiger partial charge in [0.25, 0.3) is 0 Å². The molecule has 1 atom stereocenters. The maximum absolute atomic E-state index is 5.49. The second kappa shape index (κ2) is 9.92. The Bertz CT molecular complexity index is 66.4. The van der Waals surface area contributed by atoms with E-state index >= 15 is 0 Å². The summed E-state index contributed by atoms with van der Waals surface area (Å²) in [6.45, 7) is 4.98. The molecule has 0 radical (unpaired) electrons. The van der Waals surface area contributed by atoms with Crippen molar-refractivity contribution in [2.45, 2.75) is 39.3 Å². The van der Waals surface area contributed by atoms with E-state index in [2.05, 4.69) is 6.92 Å². The van der Waals surface area contributed by atoms with Crippen LogP contribution in [0.15, 0.2) is 0 Å². The van der Waals surface area contributed by atoms with E-state index in [1.165, 1.54) is 6.42 Å². The molecule has 0 rings (SSSR count). The second-order valence-electron chi connectivity index (χ2n) is 2.17. The summed E-state index contributed by atoms with van der Waals surface area (Å²) < 4.78 is 5.21. The third-order valence-electron chi connectivity index (χ3n) is 1.23. The SMILES string of the molecule is CCCCOC(N)CC.[H-].[Na+]. The maximum atomic E-state index is 5.49. The fraction of sp³-hybridized carbons (Fsp3) is 1.00. The zero-order chi connectivity index (χ0) is 7.11. The van der Waals surface area contributed by atoms with Gasteiger partial charge < -0.3 is 11.9 Å². The van der Waals surface area contributed by atoms with Crippen LogP contribution in [0.5, 0.6) is 0 Å². The van der Waals surface area contributed by atoms with Gasteiger partial charge in [-0.3, -0.25) is 0 Å². The Kier molecular flexibility index (Phi) is 13.4. The number of rotatable bonds is 5. The molecule has 0 spiro atoms. The molecule has 3 heteroatoms. The van der Waals surface area contributed by atoms with Gasteiger partial charge in [0.05, 0.1) is 0 Å². The molecule has 0 saturated carbocycles. The van der Waals surface area contributed by atoms with Gasteiger partial charge in [-0.15, -0.1) is 0 Å². The van der Waals surface area contributed by atoms with Crippen molar-refractivity contribution in [3.63, 3.8) is 0 Å². The number of nitrogens with two attached hydrogens (primary N) is 1. The molecule has 0 heterocycles. The van der Waals surface area contributed by atoms with Crippen LogP contribution in [0.25, 0.3) is 0 Å². The Labute approximate surface area is 87.3 Å². The first-order valence-electron chi connectivity index (χ1n) is 3.68. The molecule has 10 heavy (non-hydrogen) atoms. The first-order valence-corrected chi connectivity index (χ1v) is 3.68. The average Bonchev–Trinajstić information content (AvgIpc) is 1.89. The predicted octanol–water partition coefficient (Wildman–Crippen LogP) is -1.39. The van der Waals surface area contributed by atoms with E-state index in [1.54, 1.807) is 0 Å². The number of unbranched alkanes of at least 4 members (excludes halogenated alkanes) is 1. The van der Waals surface area contributed by atoms with Crippen LogP contribution in [-0.4, -0.2) is 12.8 Å². The Balaban J connectivity index is -0.000000320. The molecule has 58 valence electrons. The van der Waals surface area contributed by atoms with Gasteiger partial charge in [0.1, 0.15) is 6.23 Å². The molecular formula is C7H18NNaO. The van der Waals surface area contributed by atoms with Crippen molar-refractivity contribution < 1.29 is 35.7 Å². The van der Waals surface area contributed by atoms with Crippen molar-refractivity contribution in [2.24, 2.45) is 5.73 Å². The molecule has 0 amide bonds. The van der Waals surface area contributed by atoms with Crippen LogP contribution < -0.4 is 35.3 Å². The molecule has 1 unspecified atom stereocenters. The number of hydrogen-bond acceptors (Lipinski definition) is 2. The predicted molar refractivity (Wildman–Crippen MR) is 40.2 cm³/mol. The molecule has 0 aliphatic heterocycles. The van der Waals surface area contributed by atoms with Crippen molar-refractivity contribution >= 4 is 0 Å². The fourth-order valence-corrected chi connectivity index (χ4v) is 0.497. The summed E-state index contributed by atoms with van der Waals surface area (Å²) >= 11 is 0. The topological polar surface area (TPSA) is 35.2 Å². The van der Waals surface area contributed by atoms with Gasteiger partial charge in [-0.05, 0) is 12.8 Å². The summed E-state index contributed by atoms with van der Waals surface area (Å²) in [6, 6.07) is 0. The van der Waals surface area contributed by atoms with E-state index < -0.39 is 0 Å². The zero-order valence-electron chi connectivity index (χ0n) is 8.39. The second-order valence-corrected chi connectivity index (χ2v) is 2.17. The number of hydrogen-bond donors (Lipinski definition) is 1. The molecule has 0 aromatic rings. The minimum atomic E-state index is -0.0449. The van der Waals surface area contributed by atoms with Gasteiger partial charge in [-0.2, -0.15) is 0 Å². The van der Waals surface area contributed by atoms with Gasteiger partial charge >= 0.3 is 29.6 Å². The van der Waals surface area contributed by atoms with E-state index in [0.29, 0.717) is 0 Å². The van der Waals surface area contributed by atoms with E-state index in [0.717, 1.165) is 19.4 Å². The van der Waals surface area contributed by atoms with Crippen LogP contribution >= 0.6 is 0 Å². The van der Waals surface area contributed by atoms with Crippen molar-refractivity contribution in [3.05, 3.63) is 0 Å². The summed E-state index contributed by atoms with van der Waals surface area (Å²) in [5.74, 6) is 0. The van der Waals surface area contributed by atoms with Crippen LogP contribution in [0.4, 0.5) is 0 Å². The van der Waals surface area contributed by atoms with Crippen molar-refractivity contribution in [1.82, 2.24) is 0 Å². The minimum Gasteiger partial charge on any atom is -1.00 e. The standard InChI is InChI=1S/C7H17NO.Na.H/c1-3-5-6-9-7(8)4-2;;/h7H,3-6,8H2,1-2H3;;/q;+1;-1. The van der Waals surface area contributed by atoms with Gasteiger partial charge in [0.2, 0.25) is 0 Å². The number of ether oxygens (including phenoxy) is 1. The van der Waals surface area contributed by atoms with Gasteiger partial charge in [-0.1, -0.05) is 20.3 Å². The summed E-state index contributed by atoms with van der Waals surface area (Å²) in [7, 11) is 0. The van der Waals surface area contributed by atoms with E-state index in [-0.39, 0.29) is 37.2 Å². The molecule has 0 fully saturated rings. The Morgan fingerprint density at radius 2 is 2.10 bits per heavy atom. The molecule has 0 aromatic heterocycles. The van der Waals surface area contributed by atoms with Crippen LogP contribution in [0.2, 0.25) is 0 Å². The molecule has 0 aliphatic rings. The Hall–Kier alpha value is 0.920. The van der Waals surface area contributed by atoms with E-state index in [9.17, 15) is 0 Å². The Morgan fingerprint density at radius 1 is 1.50 bits per heavy atom. The van der Waals surface area contributed by atoms with Gasteiger partial charge in [0.15, 0.2) is 0 Å². The van der Waals surface area contributed by atoms with E-state index in [1.807, 2.05) is 6.92 Å². The van der Waals surface area contributed by atoms with Crippen molar-refractivity contribution in [2.75, 3.05) is 6.61 Å². The van der Waals surface area contributed by atoms with Gasteiger partial charge in [0, 0.05) is 6.61 Å².